The van der Waals surface area contributed by atoms with Gasteiger partial charge in [0.05, 0.1) is 18.5 Å². The molecule has 124 valence electrons. The third kappa shape index (κ3) is 2.56. The smallest absolute Gasteiger partial charge is 0.344 e. The third-order valence-electron chi connectivity index (χ3n) is 3.92. The Bertz CT molecular complexity index is 1000. The second-order valence-corrected chi connectivity index (χ2v) is 5.45. The number of methoxy groups -OCH3 is 1. The van der Waals surface area contributed by atoms with E-state index in [1.165, 1.54) is 14.0 Å². The van der Waals surface area contributed by atoms with Crippen molar-refractivity contribution in [2.45, 2.75) is 20.0 Å². The van der Waals surface area contributed by atoms with E-state index in [1.807, 2.05) is 0 Å². The zero-order valence-electron chi connectivity index (χ0n) is 13.4. The highest BCUT2D eigenvalue weighted by Crippen LogP contribution is 2.32. The maximum absolute atomic E-state index is 12.3. The van der Waals surface area contributed by atoms with Gasteiger partial charge in [0.2, 0.25) is 0 Å². The minimum absolute atomic E-state index is 0.329. The summed E-state index contributed by atoms with van der Waals surface area (Å²) in [7, 11) is 1.52. The molecule has 1 atom stereocenters. The fraction of sp³-hybridized carbons (Fsp3) is 0.222. The van der Waals surface area contributed by atoms with Crippen molar-refractivity contribution in [2.75, 3.05) is 7.11 Å². The fourth-order valence-electron chi connectivity index (χ4n) is 2.59. The van der Waals surface area contributed by atoms with Gasteiger partial charge in [-0.3, -0.25) is 0 Å². The molecule has 0 fully saturated rings. The molecule has 0 spiro atoms. The molecule has 0 aliphatic heterocycles. The van der Waals surface area contributed by atoms with Gasteiger partial charge >= 0.3 is 5.63 Å². The molecular weight excluding hydrogens is 312 g/mol. The summed E-state index contributed by atoms with van der Waals surface area (Å²) in [4.78, 5) is 23.1. The fourth-order valence-corrected chi connectivity index (χ4v) is 2.59. The van der Waals surface area contributed by atoms with Crippen LogP contribution in [-0.2, 0) is 4.79 Å². The molecule has 6 nitrogen and oxygen atoms in total. The molecule has 3 aromatic rings. The van der Waals surface area contributed by atoms with Crippen LogP contribution in [0.15, 0.2) is 39.5 Å². The first-order valence-corrected chi connectivity index (χ1v) is 7.34. The molecular formula is C18H15O6-. The largest absolute Gasteiger partial charge is 0.546 e. The van der Waals surface area contributed by atoms with E-state index in [2.05, 4.69) is 0 Å². The van der Waals surface area contributed by atoms with E-state index in [0.29, 0.717) is 28.0 Å². The number of aryl methyl sites for hydroxylation is 1. The molecule has 0 radical (unpaired) electrons. The molecule has 0 saturated heterocycles. The van der Waals surface area contributed by atoms with E-state index in [4.69, 9.17) is 13.9 Å². The van der Waals surface area contributed by atoms with E-state index in [1.54, 1.807) is 37.3 Å². The molecule has 1 heterocycles. The van der Waals surface area contributed by atoms with Crippen molar-refractivity contribution in [3.8, 4) is 11.5 Å². The van der Waals surface area contributed by atoms with Gasteiger partial charge in [0.15, 0.2) is 0 Å². The third-order valence-corrected chi connectivity index (χ3v) is 3.92. The lowest BCUT2D eigenvalue weighted by molar-refractivity contribution is -0.312. The number of aliphatic carboxylic acids is 1. The summed E-state index contributed by atoms with van der Waals surface area (Å²) in [6, 6.07) is 8.56. The predicted octanol–water partition coefficient (Wildman–Crippen LogP) is 1.78. The first-order valence-electron chi connectivity index (χ1n) is 7.34. The van der Waals surface area contributed by atoms with E-state index in [9.17, 15) is 14.7 Å². The molecule has 0 saturated carbocycles. The minimum Gasteiger partial charge on any atom is -0.546 e. The number of carboxylic acid groups (broad SMARTS) is 1. The zero-order chi connectivity index (χ0) is 17.4. The van der Waals surface area contributed by atoms with Crippen molar-refractivity contribution in [3.63, 3.8) is 0 Å². The van der Waals surface area contributed by atoms with Crippen LogP contribution < -0.4 is 20.2 Å². The van der Waals surface area contributed by atoms with Crippen molar-refractivity contribution in [3.05, 3.63) is 46.3 Å². The molecule has 0 amide bonds. The summed E-state index contributed by atoms with van der Waals surface area (Å²) in [5, 5.41) is 12.7. The van der Waals surface area contributed by atoms with Gasteiger partial charge in [0.25, 0.3) is 0 Å². The number of hydrogen-bond acceptors (Lipinski definition) is 6. The molecule has 2 aromatic carbocycles. The van der Waals surface area contributed by atoms with Gasteiger partial charge < -0.3 is 23.8 Å². The standard InChI is InChI=1S/C18H16O6/c1-9-15(23-10(2)17(19)20)7-6-13-12-5-4-11(22-3)8-14(12)18(21)24-16(9)13/h4-8,10H,1-3H3,(H,19,20)/p-1. The maximum atomic E-state index is 12.3. The summed E-state index contributed by atoms with van der Waals surface area (Å²) in [5.41, 5.74) is 0.417. The lowest BCUT2D eigenvalue weighted by atomic mass is 10.0. The highest BCUT2D eigenvalue weighted by atomic mass is 16.5. The number of ether oxygens (including phenoxy) is 2. The Hall–Kier alpha value is -3.02. The molecule has 0 bridgehead atoms. The summed E-state index contributed by atoms with van der Waals surface area (Å²) in [5.74, 6) is -0.426. The van der Waals surface area contributed by atoms with Crippen molar-refractivity contribution < 1.29 is 23.8 Å². The van der Waals surface area contributed by atoms with Gasteiger partial charge in [0.1, 0.15) is 23.2 Å². The summed E-state index contributed by atoms with van der Waals surface area (Å²) in [6.45, 7) is 3.08. The van der Waals surface area contributed by atoms with Crippen molar-refractivity contribution in [1.82, 2.24) is 0 Å². The molecule has 6 heteroatoms. The highest BCUT2D eigenvalue weighted by Gasteiger charge is 2.15. The second-order valence-electron chi connectivity index (χ2n) is 5.45. The Labute approximate surface area is 137 Å². The normalized spacial score (nSPS) is 12.3. The van der Waals surface area contributed by atoms with Gasteiger partial charge in [-0.2, -0.15) is 0 Å². The average molecular weight is 327 g/mol. The van der Waals surface area contributed by atoms with Gasteiger partial charge in [-0.15, -0.1) is 0 Å². The molecule has 0 aliphatic rings. The van der Waals surface area contributed by atoms with Crippen molar-refractivity contribution in [1.29, 1.82) is 0 Å². The molecule has 0 N–H and O–H groups in total. The number of carbonyl (C=O) groups excluding carboxylic acids is 1. The lowest BCUT2D eigenvalue weighted by Gasteiger charge is -2.17. The maximum Gasteiger partial charge on any atom is 0.344 e. The lowest BCUT2D eigenvalue weighted by Crippen LogP contribution is -2.37. The summed E-state index contributed by atoms with van der Waals surface area (Å²) in [6.07, 6.45) is -1.11. The summed E-state index contributed by atoms with van der Waals surface area (Å²) >= 11 is 0. The zero-order valence-corrected chi connectivity index (χ0v) is 13.4. The van der Waals surface area contributed by atoms with Crippen molar-refractivity contribution in [2.24, 2.45) is 0 Å². The average Bonchev–Trinajstić information content (AvgIpc) is 2.57. The Kier molecular flexibility index (Phi) is 3.89. The van der Waals surface area contributed by atoms with Crippen LogP contribution in [0.4, 0.5) is 0 Å². The molecule has 3 rings (SSSR count). The van der Waals surface area contributed by atoms with Crippen LogP contribution in [0.2, 0.25) is 0 Å². The van der Waals surface area contributed by atoms with Gasteiger partial charge in [0, 0.05) is 16.3 Å². The number of benzene rings is 2. The van der Waals surface area contributed by atoms with Crippen molar-refractivity contribution >= 4 is 27.7 Å². The van der Waals surface area contributed by atoms with E-state index < -0.39 is 17.7 Å². The Morgan fingerprint density at radius 2 is 1.88 bits per heavy atom. The van der Waals surface area contributed by atoms with Crippen LogP contribution in [0.25, 0.3) is 21.7 Å². The van der Waals surface area contributed by atoms with Crippen LogP contribution >= 0.6 is 0 Å². The van der Waals surface area contributed by atoms with Crippen LogP contribution in [-0.4, -0.2) is 19.2 Å². The van der Waals surface area contributed by atoms with Crippen LogP contribution in [0, 0.1) is 6.92 Å². The van der Waals surface area contributed by atoms with Crippen LogP contribution in [0.3, 0.4) is 0 Å². The summed E-state index contributed by atoms with van der Waals surface area (Å²) < 4.78 is 15.9. The number of fused-ring (bicyclic) bond motifs is 3. The van der Waals surface area contributed by atoms with E-state index >= 15 is 0 Å². The van der Waals surface area contributed by atoms with E-state index in [0.717, 1.165) is 10.8 Å². The second kappa shape index (κ2) is 5.88. The Balaban J connectivity index is 2.24. The predicted molar refractivity (Wildman–Crippen MR) is 86.4 cm³/mol. The quantitative estimate of drug-likeness (QED) is 0.536. The van der Waals surface area contributed by atoms with Gasteiger partial charge in [-0.05, 0) is 44.2 Å². The molecule has 24 heavy (non-hydrogen) atoms. The number of hydrogen-bond donors (Lipinski definition) is 0. The number of carbonyl (C=O) groups is 1. The Morgan fingerprint density at radius 3 is 2.54 bits per heavy atom. The van der Waals surface area contributed by atoms with Crippen LogP contribution in [0.5, 0.6) is 11.5 Å². The highest BCUT2D eigenvalue weighted by molar-refractivity contribution is 6.06. The SMILES string of the molecule is COc1ccc2c(c1)c(=O)oc1c(C)c(OC(C)C(=O)[O-])ccc12. The van der Waals surface area contributed by atoms with Crippen LogP contribution in [0.1, 0.15) is 12.5 Å². The van der Waals surface area contributed by atoms with E-state index in [-0.39, 0.29) is 0 Å². The molecule has 1 aromatic heterocycles. The number of rotatable bonds is 4. The Morgan fingerprint density at radius 1 is 1.17 bits per heavy atom. The number of carboxylic acids is 1. The topological polar surface area (TPSA) is 88.8 Å². The molecule has 0 aliphatic carbocycles. The monoisotopic (exact) mass is 327 g/mol. The minimum atomic E-state index is -1.32. The van der Waals surface area contributed by atoms with Gasteiger partial charge in [-0.25, -0.2) is 4.79 Å². The van der Waals surface area contributed by atoms with Gasteiger partial charge in [-0.1, -0.05) is 0 Å². The first kappa shape index (κ1) is 15.9. The molecule has 1 unspecified atom stereocenters. The first-order chi connectivity index (χ1) is 11.4.